The van der Waals surface area contributed by atoms with Gasteiger partial charge in [0.15, 0.2) is 11.6 Å². The molecule has 2 aromatic heterocycles. The van der Waals surface area contributed by atoms with Crippen LogP contribution in [-0.2, 0) is 11.3 Å². The van der Waals surface area contributed by atoms with Gasteiger partial charge in [0.05, 0.1) is 17.0 Å². The number of aromatic amines is 1. The van der Waals surface area contributed by atoms with Gasteiger partial charge in [0.25, 0.3) is 0 Å². The Hall–Kier alpha value is -3.16. The first kappa shape index (κ1) is 16.7. The summed E-state index contributed by atoms with van der Waals surface area (Å²) in [6, 6.07) is 5.34. The highest BCUT2D eigenvalue weighted by Gasteiger charge is 2.17. The third kappa shape index (κ3) is 3.37. The number of imidazole rings is 2. The summed E-state index contributed by atoms with van der Waals surface area (Å²) in [5, 5.41) is 16.7. The van der Waals surface area contributed by atoms with E-state index < -0.39 is 5.97 Å². The minimum atomic E-state index is -0.773. The summed E-state index contributed by atoms with van der Waals surface area (Å²) in [5.41, 5.74) is 7.66. The molecule has 0 aliphatic heterocycles. The van der Waals surface area contributed by atoms with Crippen molar-refractivity contribution < 1.29 is 9.90 Å². The van der Waals surface area contributed by atoms with Crippen LogP contribution in [0.4, 0.5) is 0 Å². The van der Waals surface area contributed by atoms with Crippen molar-refractivity contribution in [3.05, 3.63) is 36.2 Å². The molecule has 0 fully saturated rings. The number of hydrogen-bond donors (Lipinski definition) is 4. The van der Waals surface area contributed by atoms with Gasteiger partial charge >= 0.3 is 5.97 Å². The molecule has 8 heteroatoms. The number of fused-ring (bicyclic) bond motifs is 1. The molecule has 5 N–H and O–H groups in total. The number of hydrogen-bond acceptors (Lipinski definition) is 4. The monoisotopic (exact) mass is 340 g/mol. The Kier molecular flexibility index (Phi) is 4.51. The molecule has 3 rings (SSSR count). The first-order valence-electron chi connectivity index (χ1n) is 8.08. The smallest absolute Gasteiger partial charge is 0.306 e. The Bertz CT molecular complexity index is 926. The molecule has 0 saturated heterocycles. The molecule has 0 bridgehead atoms. The van der Waals surface area contributed by atoms with Crippen LogP contribution in [0, 0.1) is 11.3 Å². The van der Waals surface area contributed by atoms with Crippen molar-refractivity contribution in [2.75, 3.05) is 0 Å². The van der Waals surface area contributed by atoms with E-state index in [4.69, 9.17) is 11.1 Å². The number of aryl methyl sites for hydroxylation is 1. The molecule has 0 amide bonds. The number of carboxylic acids is 1. The van der Waals surface area contributed by atoms with Crippen LogP contribution in [0.5, 0.6) is 0 Å². The minimum Gasteiger partial charge on any atom is -0.481 e. The zero-order valence-electron chi connectivity index (χ0n) is 13.9. The average Bonchev–Trinajstić information content (AvgIpc) is 3.20. The molecule has 0 spiro atoms. The normalized spacial score (nSPS) is 12.4. The molecule has 1 atom stereocenters. The number of amidine groups is 1. The average molecular weight is 340 g/mol. The summed E-state index contributed by atoms with van der Waals surface area (Å²) in [5.74, 6) is 0.103. The first-order valence-corrected chi connectivity index (χ1v) is 8.08. The van der Waals surface area contributed by atoms with Crippen LogP contribution in [0.25, 0.3) is 22.7 Å². The van der Waals surface area contributed by atoms with Crippen molar-refractivity contribution >= 4 is 22.8 Å². The van der Waals surface area contributed by atoms with E-state index in [0.29, 0.717) is 42.1 Å². The van der Waals surface area contributed by atoms with Crippen LogP contribution < -0.4 is 5.73 Å². The third-order valence-corrected chi connectivity index (χ3v) is 4.28. The van der Waals surface area contributed by atoms with Crippen LogP contribution >= 0.6 is 0 Å². The zero-order valence-corrected chi connectivity index (χ0v) is 13.9. The first-order chi connectivity index (χ1) is 12.0. The lowest BCUT2D eigenvalue weighted by Gasteiger charge is -2.11. The van der Waals surface area contributed by atoms with Crippen molar-refractivity contribution in [3.63, 3.8) is 0 Å². The van der Waals surface area contributed by atoms with Crippen LogP contribution in [-0.4, -0.2) is 36.4 Å². The molecule has 130 valence electrons. The standard InChI is InChI=1S/C17H20N6O2/c1-2-10(17(24)25)5-7-23-8-6-20-16(23)15-21-12-4-3-11(14(18)19)9-13(12)22-15/h3-4,6,8-10H,2,5,7H2,1H3,(H3,18,19)(H,21,22)(H,24,25). The van der Waals surface area contributed by atoms with Gasteiger partial charge in [0.2, 0.25) is 0 Å². The maximum absolute atomic E-state index is 11.2. The van der Waals surface area contributed by atoms with Gasteiger partial charge in [-0.1, -0.05) is 6.92 Å². The van der Waals surface area contributed by atoms with E-state index in [9.17, 15) is 9.90 Å². The molecule has 25 heavy (non-hydrogen) atoms. The number of carboxylic acid groups (broad SMARTS) is 1. The molecular formula is C17H20N6O2. The highest BCUT2D eigenvalue weighted by Crippen LogP contribution is 2.21. The van der Waals surface area contributed by atoms with E-state index in [1.54, 1.807) is 18.3 Å². The van der Waals surface area contributed by atoms with Gasteiger partial charge in [-0.15, -0.1) is 0 Å². The zero-order chi connectivity index (χ0) is 18.0. The third-order valence-electron chi connectivity index (χ3n) is 4.28. The lowest BCUT2D eigenvalue weighted by molar-refractivity contribution is -0.142. The number of rotatable bonds is 7. The largest absolute Gasteiger partial charge is 0.481 e. The van der Waals surface area contributed by atoms with Gasteiger partial charge in [-0.05, 0) is 31.0 Å². The van der Waals surface area contributed by atoms with Crippen LogP contribution in [0.1, 0.15) is 25.3 Å². The number of nitrogens with two attached hydrogens (primary N) is 1. The van der Waals surface area contributed by atoms with Crippen molar-refractivity contribution in [2.45, 2.75) is 26.3 Å². The van der Waals surface area contributed by atoms with E-state index in [2.05, 4.69) is 15.0 Å². The van der Waals surface area contributed by atoms with E-state index in [1.807, 2.05) is 23.8 Å². The van der Waals surface area contributed by atoms with Crippen molar-refractivity contribution in [1.29, 1.82) is 5.41 Å². The number of aromatic nitrogens is 4. The van der Waals surface area contributed by atoms with Gasteiger partial charge in [-0.2, -0.15) is 0 Å². The minimum absolute atomic E-state index is 0.00720. The second-order valence-corrected chi connectivity index (χ2v) is 5.91. The number of nitrogens with one attached hydrogen (secondary N) is 2. The highest BCUT2D eigenvalue weighted by molar-refractivity contribution is 5.98. The summed E-state index contributed by atoms with van der Waals surface area (Å²) in [6.45, 7) is 2.43. The van der Waals surface area contributed by atoms with Gasteiger partial charge < -0.3 is 20.4 Å². The second kappa shape index (κ2) is 6.76. The molecule has 0 saturated carbocycles. The van der Waals surface area contributed by atoms with E-state index in [0.717, 1.165) is 5.52 Å². The number of H-pyrrole nitrogens is 1. The lowest BCUT2D eigenvalue weighted by Crippen LogP contribution is -2.15. The number of carbonyl (C=O) groups is 1. The fourth-order valence-corrected chi connectivity index (χ4v) is 2.78. The maximum Gasteiger partial charge on any atom is 0.306 e. The summed E-state index contributed by atoms with van der Waals surface area (Å²) in [6.07, 6.45) is 4.62. The van der Waals surface area contributed by atoms with Crippen molar-refractivity contribution in [1.82, 2.24) is 19.5 Å². The Morgan fingerprint density at radius 2 is 2.28 bits per heavy atom. The molecular weight excluding hydrogens is 320 g/mol. The predicted octanol–water partition coefficient (Wildman–Crippen LogP) is 2.21. The summed E-state index contributed by atoms with van der Waals surface area (Å²) in [4.78, 5) is 23.3. The Morgan fingerprint density at radius 1 is 1.48 bits per heavy atom. The molecule has 1 unspecified atom stereocenters. The molecule has 3 aromatic rings. The predicted molar refractivity (Wildman–Crippen MR) is 94.4 cm³/mol. The molecule has 0 radical (unpaired) electrons. The molecule has 1 aromatic carbocycles. The van der Waals surface area contributed by atoms with Crippen molar-refractivity contribution in [3.8, 4) is 11.6 Å². The van der Waals surface area contributed by atoms with Gasteiger partial charge in [-0.3, -0.25) is 10.2 Å². The van der Waals surface area contributed by atoms with Crippen LogP contribution in [0.15, 0.2) is 30.6 Å². The van der Waals surface area contributed by atoms with Crippen LogP contribution in [0.2, 0.25) is 0 Å². The molecule has 0 aliphatic rings. The van der Waals surface area contributed by atoms with E-state index >= 15 is 0 Å². The van der Waals surface area contributed by atoms with Crippen LogP contribution in [0.3, 0.4) is 0 Å². The summed E-state index contributed by atoms with van der Waals surface area (Å²) in [7, 11) is 0. The second-order valence-electron chi connectivity index (χ2n) is 5.91. The summed E-state index contributed by atoms with van der Waals surface area (Å²) < 4.78 is 1.90. The Balaban J connectivity index is 1.87. The van der Waals surface area contributed by atoms with E-state index in [1.165, 1.54) is 0 Å². The van der Waals surface area contributed by atoms with E-state index in [-0.39, 0.29) is 11.8 Å². The summed E-state index contributed by atoms with van der Waals surface area (Å²) >= 11 is 0. The Labute approximate surface area is 144 Å². The topological polar surface area (TPSA) is 134 Å². The quantitative estimate of drug-likeness (QED) is 0.386. The fourth-order valence-electron chi connectivity index (χ4n) is 2.78. The van der Waals surface area contributed by atoms with Gasteiger partial charge in [0, 0.05) is 24.5 Å². The number of nitrogen functional groups attached to an aromatic ring is 1. The number of nitrogens with zero attached hydrogens (tertiary/aromatic N) is 3. The van der Waals surface area contributed by atoms with Gasteiger partial charge in [0.1, 0.15) is 5.84 Å². The lowest BCUT2D eigenvalue weighted by atomic mass is 10.0. The maximum atomic E-state index is 11.2. The number of aliphatic carboxylic acids is 1. The SMILES string of the molecule is CCC(CCn1ccnc1-c1nc2cc(C(=N)N)ccc2[nH]1)C(=O)O. The highest BCUT2D eigenvalue weighted by atomic mass is 16.4. The van der Waals surface area contributed by atoms with Gasteiger partial charge in [-0.25, -0.2) is 9.97 Å². The van der Waals surface area contributed by atoms with Crippen molar-refractivity contribution in [2.24, 2.45) is 11.7 Å². The fraction of sp³-hybridized carbons (Fsp3) is 0.294. The molecule has 8 nitrogen and oxygen atoms in total. The Morgan fingerprint density at radius 3 is 2.96 bits per heavy atom. The number of benzene rings is 1. The molecule has 0 aliphatic carbocycles. The molecule has 2 heterocycles.